The summed E-state index contributed by atoms with van der Waals surface area (Å²) in [6.45, 7) is 10.6. The van der Waals surface area contributed by atoms with E-state index in [2.05, 4.69) is 62.2 Å². The number of anilines is 1. The van der Waals surface area contributed by atoms with Gasteiger partial charge in [-0.2, -0.15) is 0 Å². The third-order valence-corrected chi connectivity index (χ3v) is 2.94. The molecule has 102 valence electrons. The molecule has 0 aliphatic heterocycles. The van der Waals surface area contributed by atoms with Crippen molar-refractivity contribution in [1.82, 2.24) is 5.32 Å². The maximum atomic E-state index is 10.0. The molecule has 0 bridgehead atoms. The van der Waals surface area contributed by atoms with Crippen LogP contribution in [0.5, 0.6) is 0 Å². The Morgan fingerprint density at radius 3 is 2.61 bits per heavy atom. The van der Waals surface area contributed by atoms with Crippen LogP contribution in [-0.4, -0.2) is 36.9 Å². The number of hydrogen-bond donors (Lipinski definition) is 2. The van der Waals surface area contributed by atoms with Gasteiger partial charge in [-0.1, -0.05) is 26.0 Å². The molecule has 0 fully saturated rings. The van der Waals surface area contributed by atoms with Crippen molar-refractivity contribution in [2.24, 2.45) is 0 Å². The van der Waals surface area contributed by atoms with Crippen molar-refractivity contribution >= 4 is 5.69 Å². The average Bonchev–Trinajstić information content (AvgIpc) is 2.33. The second-order valence-corrected chi connectivity index (χ2v) is 5.09. The van der Waals surface area contributed by atoms with E-state index in [1.165, 1.54) is 11.3 Å². The highest BCUT2D eigenvalue weighted by Gasteiger charge is 2.11. The predicted molar refractivity (Wildman–Crippen MR) is 78.2 cm³/mol. The van der Waals surface area contributed by atoms with Gasteiger partial charge in [-0.25, -0.2) is 0 Å². The second-order valence-electron chi connectivity index (χ2n) is 5.09. The number of aliphatic hydroxyl groups excluding tert-OH is 1. The van der Waals surface area contributed by atoms with Crippen LogP contribution in [0.15, 0.2) is 24.3 Å². The highest BCUT2D eigenvalue weighted by atomic mass is 16.3. The number of aryl methyl sites for hydroxylation is 1. The van der Waals surface area contributed by atoms with Gasteiger partial charge in [0, 0.05) is 31.4 Å². The van der Waals surface area contributed by atoms with Crippen LogP contribution in [-0.2, 0) is 0 Å². The van der Waals surface area contributed by atoms with Crippen LogP contribution in [0.2, 0.25) is 0 Å². The topological polar surface area (TPSA) is 35.5 Å². The monoisotopic (exact) mass is 250 g/mol. The first-order valence-electron chi connectivity index (χ1n) is 6.76. The minimum atomic E-state index is -0.340. The normalized spacial score (nSPS) is 12.8. The van der Waals surface area contributed by atoms with E-state index in [9.17, 15) is 5.11 Å². The number of rotatable bonds is 7. The first-order chi connectivity index (χ1) is 8.52. The lowest BCUT2D eigenvalue weighted by molar-refractivity contribution is 0.174. The Morgan fingerprint density at radius 2 is 2.06 bits per heavy atom. The standard InChI is InChI=1S/C15H26N2O/c1-5-17(11-15(18)10-16-12(2)3)14-8-6-7-13(4)9-14/h6-9,12,15-16,18H,5,10-11H2,1-4H3. The lowest BCUT2D eigenvalue weighted by Gasteiger charge is -2.26. The zero-order valence-electron chi connectivity index (χ0n) is 12.0. The Labute approximate surface area is 111 Å². The van der Waals surface area contributed by atoms with E-state index in [0.717, 1.165) is 6.54 Å². The summed E-state index contributed by atoms with van der Waals surface area (Å²) in [6.07, 6.45) is -0.340. The number of likely N-dealkylation sites (N-methyl/N-ethyl adjacent to an activating group) is 1. The molecule has 0 amide bonds. The van der Waals surface area contributed by atoms with Gasteiger partial charge in [0.15, 0.2) is 0 Å². The summed E-state index contributed by atoms with van der Waals surface area (Å²) in [4.78, 5) is 2.21. The van der Waals surface area contributed by atoms with Gasteiger partial charge >= 0.3 is 0 Å². The lowest BCUT2D eigenvalue weighted by Crippen LogP contribution is -2.40. The average molecular weight is 250 g/mol. The number of hydrogen-bond acceptors (Lipinski definition) is 3. The maximum absolute atomic E-state index is 10.0. The molecular formula is C15H26N2O. The summed E-state index contributed by atoms with van der Waals surface area (Å²) in [5.41, 5.74) is 2.43. The summed E-state index contributed by atoms with van der Waals surface area (Å²) in [6, 6.07) is 8.82. The SMILES string of the molecule is CCN(CC(O)CNC(C)C)c1cccc(C)c1. The zero-order valence-corrected chi connectivity index (χ0v) is 12.0. The fraction of sp³-hybridized carbons (Fsp3) is 0.600. The number of nitrogens with zero attached hydrogens (tertiary/aromatic N) is 1. The van der Waals surface area contributed by atoms with E-state index >= 15 is 0 Å². The molecule has 1 aromatic rings. The van der Waals surface area contributed by atoms with Crippen molar-refractivity contribution in [2.45, 2.75) is 39.8 Å². The van der Waals surface area contributed by atoms with Crippen LogP contribution in [0.25, 0.3) is 0 Å². The molecule has 0 saturated carbocycles. The quantitative estimate of drug-likeness (QED) is 0.778. The van der Waals surface area contributed by atoms with E-state index in [1.54, 1.807) is 0 Å². The van der Waals surface area contributed by atoms with E-state index < -0.39 is 0 Å². The molecule has 1 atom stereocenters. The molecule has 0 heterocycles. The highest BCUT2D eigenvalue weighted by molar-refractivity contribution is 5.48. The van der Waals surface area contributed by atoms with Crippen molar-refractivity contribution in [3.63, 3.8) is 0 Å². The minimum Gasteiger partial charge on any atom is -0.390 e. The van der Waals surface area contributed by atoms with Crippen LogP contribution < -0.4 is 10.2 Å². The molecular weight excluding hydrogens is 224 g/mol. The fourth-order valence-electron chi connectivity index (χ4n) is 1.93. The number of nitrogens with one attached hydrogen (secondary N) is 1. The molecule has 1 unspecified atom stereocenters. The van der Waals surface area contributed by atoms with Crippen molar-refractivity contribution in [3.8, 4) is 0 Å². The molecule has 0 aromatic heterocycles. The largest absolute Gasteiger partial charge is 0.390 e. The summed E-state index contributed by atoms with van der Waals surface area (Å²) < 4.78 is 0. The number of aliphatic hydroxyl groups is 1. The molecule has 0 radical (unpaired) electrons. The summed E-state index contributed by atoms with van der Waals surface area (Å²) in [5, 5.41) is 13.3. The van der Waals surface area contributed by atoms with Crippen LogP contribution in [0, 0.1) is 6.92 Å². The summed E-state index contributed by atoms with van der Waals surface area (Å²) in [7, 11) is 0. The summed E-state index contributed by atoms with van der Waals surface area (Å²) >= 11 is 0. The van der Waals surface area contributed by atoms with Gasteiger partial charge < -0.3 is 15.3 Å². The molecule has 0 aliphatic rings. The maximum Gasteiger partial charge on any atom is 0.0839 e. The Kier molecular flexibility index (Phi) is 6.16. The van der Waals surface area contributed by atoms with E-state index in [0.29, 0.717) is 19.1 Å². The second kappa shape index (κ2) is 7.39. The fourth-order valence-corrected chi connectivity index (χ4v) is 1.93. The Balaban J connectivity index is 2.56. The van der Waals surface area contributed by atoms with Crippen LogP contribution in [0.3, 0.4) is 0 Å². The molecule has 0 saturated heterocycles. The van der Waals surface area contributed by atoms with Gasteiger partial charge in [0.2, 0.25) is 0 Å². The Morgan fingerprint density at radius 1 is 1.33 bits per heavy atom. The molecule has 0 spiro atoms. The van der Waals surface area contributed by atoms with E-state index in [4.69, 9.17) is 0 Å². The highest BCUT2D eigenvalue weighted by Crippen LogP contribution is 2.15. The van der Waals surface area contributed by atoms with Crippen molar-refractivity contribution in [3.05, 3.63) is 29.8 Å². The van der Waals surface area contributed by atoms with Gasteiger partial charge in [-0.3, -0.25) is 0 Å². The van der Waals surface area contributed by atoms with Crippen molar-refractivity contribution < 1.29 is 5.11 Å². The third kappa shape index (κ3) is 5.07. The lowest BCUT2D eigenvalue weighted by atomic mass is 10.2. The molecule has 0 aliphatic carbocycles. The van der Waals surface area contributed by atoms with Gasteiger partial charge in [0.1, 0.15) is 0 Å². The molecule has 3 nitrogen and oxygen atoms in total. The molecule has 1 aromatic carbocycles. The zero-order chi connectivity index (χ0) is 13.5. The molecule has 2 N–H and O–H groups in total. The van der Waals surface area contributed by atoms with Gasteiger partial charge in [0.05, 0.1) is 6.10 Å². The predicted octanol–water partition coefficient (Wildman–Crippen LogP) is 2.18. The minimum absolute atomic E-state index is 0.340. The van der Waals surface area contributed by atoms with E-state index in [1.807, 2.05) is 0 Å². The Hall–Kier alpha value is -1.06. The first-order valence-corrected chi connectivity index (χ1v) is 6.76. The van der Waals surface area contributed by atoms with Crippen LogP contribution in [0.1, 0.15) is 26.3 Å². The first kappa shape index (κ1) is 15.0. The Bertz CT molecular complexity index is 352. The smallest absolute Gasteiger partial charge is 0.0839 e. The van der Waals surface area contributed by atoms with Crippen LogP contribution in [0.4, 0.5) is 5.69 Å². The van der Waals surface area contributed by atoms with Gasteiger partial charge in [-0.05, 0) is 31.5 Å². The van der Waals surface area contributed by atoms with Crippen molar-refractivity contribution in [1.29, 1.82) is 0 Å². The van der Waals surface area contributed by atoms with Crippen LogP contribution >= 0.6 is 0 Å². The molecule has 3 heteroatoms. The number of benzene rings is 1. The molecule has 18 heavy (non-hydrogen) atoms. The summed E-state index contributed by atoms with van der Waals surface area (Å²) in [5.74, 6) is 0. The van der Waals surface area contributed by atoms with Gasteiger partial charge in [0.25, 0.3) is 0 Å². The third-order valence-electron chi connectivity index (χ3n) is 2.94. The molecule has 1 rings (SSSR count). The van der Waals surface area contributed by atoms with E-state index in [-0.39, 0.29) is 6.10 Å². The van der Waals surface area contributed by atoms with Crippen molar-refractivity contribution in [2.75, 3.05) is 24.5 Å². The van der Waals surface area contributed by atoms with Gasteiger partial charge in [-0.15, -0.1) is 0 Å².